The van der Waals surface area contributed by atoms with E-state index >= 15 is 0 Å². The number of rotatable bonds is 4. The molecule has 3 aromatic rings. The summed E-state index contributed by atoms with van der Waals surface area (Å²) in [6.45, 7) is 4.12. The van der Waals surface area contributed by atoms with Crippen LogP contribution in [0.1, 0.15) is 35.7 Å². The SMILES string of the molecule is CSc1ccccc1C(=O)Nc1ccc2c(C(C)C)cc(=O)[nH]c2c1. The lowest BCUT2D eigenvalue weighted by atomic mass is 9.99. The molecule has 0 bridgehead atoms. The average molecular weight is 352 g/mol. The van der Waals surface area contributed by atoms with E-state index in [0.29, 0.717) is 11.3 Å². The highest BCUT2D eigenvalue weighted by Crippen LogP contribution is 2.26. The maximum atomic E-state index is 12.6. The summed E-state index contributed by atoms with van der Waals surface area (Å²) >= 11 is 1.54. The van der Waals surface area contributed by atoms with E-state index in [1.165, 1.54) is 11.8 Å². The van der Waals surface area contributed by atoms with E-state index in [2.05, 4.69) is 24.1 Å². The van der Waals surface area contributed by atoms with Gasteiger partial charge in [0.1, 0.15) is 0 Å². The minimum Gasteiger partial charge on any atom is -0.322 e. The van der Waals surface area contributed by atoms with E-state index in [0.717, 1.165) is 21.4 Å². The minimum atomic E-state index is -0.160. The van der Waals surface area contributed by atoms with Gasteiger partial charge in [0.05, 0.1) is 11.1 Å². The van der Waals surface area contributed by atoms with Gasteiger partial charge in [-0.1, -0.05) is 32.0 Å². The molecule has 5 heteroatoms. The molecule has 0 spiro atoms. The van der Waals surface area contributed by atoms with Gasteiger partial charge < -0.3 is 10.3 Å². The zero-order valence-electron chi connectivity index (χ0n) is 14.4. The summed E-state index contributed by atoms with van der Waals surface area (Å²) in [6, 6.07) is 14.7. The number of fused-ring (bicyclic) bond motifs is 1. The van der Waals surface area contributed by atoms with Crippen LogP contribution in [0.25, 0.3) is 10.9 Å². The first-order valence-electron chi connectivity index (χ1n) is 8.11. The summed E-state index contributed by atoms with van der Waals surface area (Å²) in [5.41, 5.74) is 2.90. The summed E-state index contributed by atoms with van der Waals surface area (Å²) in [5.74, 6) is 0.0883. The van der Waals surface area contributed by atoms with Crippen LogP contribution >= 0.6 is 11.8 Å². The number of aromatic nitrogens is 1. The number of anilines is 1. The second-order valence-corrected chi connectivity index (χ2v) is 7.01. The first-order chi connectivity index (χ1) is 12.0. The molecule has 0 saturated carbocycles. The molecular weight excluding hydrogens is 332 g/mol. The Hall–Kier alpha value is -2.53. The van der Waals surface area contributed by atoms with Crippen LogP contribution in [-0.4, -0.2) is 17.1 Å². The summed E-state index contributed by atoms with van der Waals surface area (Å²) in [7, 11) is 0. The number of hydrogen-bond acceptors (Lipinski definition) is 3. The van der Waals surface area contributed by atoms with Gasteiger partial charge in [-0.2, -0.15) is 0 Å². The van der Waals surface area contributed by atoms with Crippen molar-refractivity contribution >= 4 is 34.3 Å². The van der Waals surface area contributed by atoms with E-state index in [9.17, 15) is 9.59 Å². The molecule has 128 valence electrons. The molecule has 3 rings (SSSR count). The number of aromatic amines is 1. The van der Waals surface area contributed by atoms with E-state index in [4.69, 9.17) is 0 Å². The van der Waals surface area contributed by atoms with Crippen LogP contribution in [0.15, 0.2) is 58.2 Å². The minimum absolute atomic E-state index is 0.132. The molecule has 1 heterocycles. The second kappa shape index (κ2) is 7.15. The third kappa shape index (κ3) is 3.61. The maximum Gasteiger partial charge on any atom is 0.256 e. The summed E-state index contributed by atoms with van der Waals surface area (Å²) in [4.78, 5) is 28.3. The van der Waals surface area contributed by atoms with Crippen molar-refractivity contribution in [3.8, 4) is 0 Å². The normalized spacial score (nSPS) is 11.0. The van der Waals surface area contributed by atoms with Gasteiger partial charge in [0.2, 0.25) is 5.56 Å². The molecule has 0 radical (unpaired) electrons. The highest BCUT2D eigenvalue weighted by atomic mass is 32.2. The van der Waals surface area contributed by atoms with Crippen molar-refractivity contribution in [1.82, 2.24) is 4.98 Å². The molecule has 0 aliphatic rings. The number of carbonyl (C=O) groups is 1. The van der Waals surface area contributed by atoms with Crippen LogP contribution in [-0.2, 0) is 0 Å². The molecule has 0 unspecified atom stereocenters. The van der Waals surface area contributed by atoms with E-state index in [1.807, 2.05) is 42.7 Å². The van der Waals surface area contributed by atoms with Crippen molar-refractivity contribution in [2.75, 3.05) is 11.6 Å². The predicted octanol–water partition coefficient (Wildman–Crippen LogP) is 4.63. The quantitative estimate of drug-likeness (QED) is 0.673. The van der Waals surface area contributed by atoms with Crippen LogP contribution in [0.5, 0.6) is 0 Å². The number of carbonyl (C=O) groups excluding carboxylic acids is 1. The second-order valence-electron chi connectivity index (χ2n) is 6.16. The molecule has 0 atom stereocenters. The Kier molecular flexibility index (Phi) is 4.95. The Morgan fingerprint density at radius 3 is 2.60 bits per heavy atom. The molecular formula is C20H20N2O2S. The van der Waals surface area contributed by atoms with Crippen molar-refractivity contribution in [2.45, 2.75) is 24.7 Å². The molecule has 0 aliphatic carbocycles. The maximum absolute atomic E-state index is 12.6. The Labute approximate surface area is 150 Å². The fourth-order valence-corrected chi connectivity index (χ4v) is 3.47. The van der Waals surface area contributed by atoms with Crippen molar-refractivity contribution < 1.29 is 4.79 Å². The topological polar surface area (TPSA) is 62.0 Å². The lowest BCUT2D eigenvalue weighted by Gasteiger charge is -2.12. The van der Waals surface area contributed by atoms with Gasteiger partial charge >= 0.3 is 0 Å². The molecule has 0 saturated heterocycles. The number of nitrogens with one attached hydrogen (secondary N) is 2. The smallest absolute Gasteiger partial charge is 0.256 e. The fraction of sp³-hybridized carbons (Fsp3) is 0.200. The highest BCUT2D eigenvalue weighted by Gasteiger charge is 2.12. The van der Waals surface area contributed by atoms with Crippen LogP contribution < -0.4 is 10.9 Å². The third-order valence-corrected chi connectivity index (χ3v) is 4.90. The first-order valence-corrected chi connectivity index (χ1v) is 9.33. The van der Waals surface area contributed by atoms with E-state index in [-0.39, 0.29) is 17.4 Å². The zero-order chi connectivity index (χ0) is 18.0. The summed E-state index contributed by atoms with van der Waals surface area (Å²) in [6.07, 6.45) is 1.94. The number of pyridine rings is 1. The van der Waals surface area contributed by atoms with Crippen LogP contribution in [0.4, 0.5) is 5.69 Å². The molecule has 0 fully saturated rings. The number of amides is 1. The van der Waals surface area contributed by atoms with E-state index < -0.39 is 0 Å². The molecule has 1 aromatic heterocycles. The molecule has 2 aromatic carbocycles. The van der Waals surface area contributed by atoms with Gasteiger partial charge in [0.15, 0.2) is 0 Å². The average Bonchev–Trinajstić information content (AvgIpc) is 2.60. The van der Waals surface area contributed by atoms with Crippen LogP contribution in [0, 0.1) is 0 Å². The van der Waals surface area contributed by atoms with E-state index in [1.54, 1.807) is 12.1 Å². The van der Waals surface area contributed by atoms with Gasteiger partial charge in [-0.3, -0.25) is 9.59 Å². The molecule has 25 heavy (non-hydrogen) atoms. The number of hydrogen-bond donors (Lipinski definition) is 2. The Bertz CT molecular complexity index is 992. The van der Waals surface area contributed by atoms with Crippen LogP contribution in [0.2, 0.25) is 0 Å². The van der Waals surface area contributed by atoms with Gasteiger partial charge in [0.25, 0.3) is 5.91 Å². The lowest BCUT2D eigenvalue weighted by molar-refractivity contribution is 0.102. The summed E-state index contributed by atoms with van der Waals surface area (Å²) in [5, 5.41) is 3.92. The fourth-order valence-electron chi connectivity index (χ4n) is 2.87. The number of H-pyrrole nitrogens is 1. The first kappa shape index (κ1) is 17.3. The highest BCUT2D eigenvalue weighted by molar-refractivity contribution is 7.98. The Morgan fingerprint density at radius 1 is 1.12 bits per heavy atom. The molecule has 4 nitrogen and oxygen atoms in total. The van der Waals surface area contributed by atoms with Crippen molar-refractivity contribution in [2.24, 2.45) is 0 Å². The molecule has 2 N–H and O–H groups in total. The van der Waals surface area contributed by atoms with Crippen molar-refractivity contribution in [3.63, 3.8) is 0 Å². The largest absolute Gasteiger partial charge is 0.322 e. The zero-order valence-corrected chi connectivity index (χ0v) is 15.2. The molecule has 1 amide bonds. The van der Waals surface area contributed by atoms with Gasteiger partial charge in [-0.15, -0.1) is 11.8 Å². The Morgan fingerprint density at radius 2 is 1.88 bits per heavy atom. The van der Waals surface area contributed by atoms with Crippen molar-refractivity contribution in [1.29, 1.82) is 0 Å². The molecule has 0 aliphatic heterocycles. The summed E-state index contributed by atoms with van der Waals surface area (Å²) < 4.78 is 0. The Balaban J connectivity index is 1.97. The third-order valence-electron chi connectivity index (χ3n) is 4.11. The van der Waals surface area contributed by atoms with Gasteiger partial charge in [-0.05, 0) is 42.0 Å². The predicted molar refractivity (Wildman–Crippen MR) is 105 cm³/mol. The standard InChI is InChI=1S/C20H20N2O2S/c1-12(2)16-11-19(23)22-17-10-13(8-9-14(16)17)21-20(24)15-6-4-5-7-18(15)25-3/h4-12H,1-3H3,(H,21,24)(H,22,23). The van der Waals surface area contributed by atoms with Gasteiger partial charge in [-0.25, -0.2) is 0 Å². The van der Waals surface area contributed by atoms with Gasteiger partial charge in [0, 0.05) is 22.0 Å². The van der Waals surface area contributed by atoms with Crippen molar-refractivity contribution in [3.05, 3.63) is 70.0 Å². The van der Waals surface area contributed by atoms with Crippen LogP contribution in [0.3, 0.4) is 0 Å². The number of benzene rings is 2. The lowest BCUT2D eigenvalue weighted by Crippen LogP contribution is -2.13. The monoisotopic (exact) mass is 352 g/mol. The number of thioether (sulfide) groups is 1.